The highest BCUT2D eigenvalue weighted by atomic mass is 14.6. The third-order valence-electron chi connectivity index (χ3n) is 2.28. The second-order valence-electron chi connectivity index (χ2n) is 3.39. The van der Waals surface area contributed by atoms with E-state index < -0.39 is 0 Å². The summed E-state index contributed by atoms with van der Waals surface area (Å²) in [6, 6.07) is 12.0. The first-order chi connectivity index (χ1) is 7.31. The number of hydrogen-bond donors (Lipinski definition) is 0. The first-order valence-corrected chi connectivity index (χ1v) is 4.80. The van der Waals surface area contributed by atoms with Crippen LogP contribution in [0.5, 0.6) is 0 Å². The van der Waals surface area contributed by atoms with Crippen LogP contribution >= 0.6 is 0 Å². The molecule has 2 aliphatic carbocycles. The summed E-state index contributed by atoms with van der Waals surface area (Å²) in [5, 5.41) is 0. The summed E-state index contributed by atoms with van der Waals surface area (Å²) in [6.45, 7) is 2.14. The molecule has 0 atom stereocenters. The molecule has 1 aromatic rings. The average molecular weight is 193 g/mol. The molecule has 0 fully saturated rings. The number of terminal acetylenes is 1. The van der Waals surface area contributed by atoms with E-state index in [9.17, 15) is 0 Å². The predicted octanol–water partition coefficient (Wildman–Crippen LogP) is 3.04. The highest BCUT2D eigenvalue weighted by Gasteiger charge is 2.12. The van der Waals surface area contributed by atoms with Gasteiger partial charge in [0.15, 0.2) is 0 Å². The number of rotatable bonds is 0. The SMILES string of the molecule is C#Cc1ccccn1.Cc1ccc2cc1-2. The van der Waals surface area contributed by atoms with Crippen LogP contribution in [0.4, 0.5) is 0 Å². The summed E-state index contributed by atoms with van der Waals surface area (Å²) in [6.07, 6.45) is 6.71. The van der Waals surface area contributed by atoms with Gasteiger partial charge in [0.05, 0.1) is 0 Å². The molecule has 0 spiro atoms. The van der Waals surface area contributed by atoms with Crippen molar-refractivity contribution in [1.82, 2.24) is 4.98 Å². The fourth-order valence-electron chi connectivity index (χ4n) is 1.35. The number of aromatic nitrogens is 1. The van der Waals surface area contributed by atoms with Crippen molar-refractivity contribution in [3.63, 3.8) is 0 Å². The second-order valence-corrected chi connectivity index (χ2v) is 3.39. The van der Waals surface area contributed by atoms with Gasteiger partial charge in [-0.25, -0.2) is 4.98 Å². The molecule has 1 aromatic heterocycles. The molecule has 0 saturated heterocycles. The van der Waals surface area contributed by atoms with Gasteiger partial charge in [0, 0.05) is 6.20 Å². The van der Waals surface area contributed by atoms with Crippen molar-refractivity contribution in [2.45, 2.75) is 6.92 Å². The van der Waals surface area contributed by atoms with Gasteiger partial charge in [-0.15, -0.1) is 6.42 Å². The van der Waals surface area contributed by atoms with Gasteiger partial charge in [0.2, 0.25) is 0 Å². The maximum Gasteiger partial charge on any atom is 0.112 e. The zero-order chi connectivity index (χ0) is 10.7. The molecular weight excluding hydrogens is 182 g/mol. The van der Waals surface area contributed by atoms with Crippen molar-refractivity contribution in [3.8, 4) is 23.5 Å². The zero-order valence-corrected chi connectivity index (χ0v) is 8.57. The van der Waals surface area contributed by atoms with Gasteiger partial charge in [0.25, 0.3) is 0 Å². The van der Waals surface area contributed by atoms with E-state index in [1.54, 1.807) is 12.3 Å². The quantitative estimate of drug-likeness (QED) is 0.500. The van der Waals surface area contributed by atoms with Crippen LogP contribution in [0, 0.1) is 19.3 Å². The Hall–Kier alpha value is -2.07. The number of nitrogens with zero attached hydrogens (tertiary/aromatic N) is 1. The Bertz CT molecular complexity index is 507. The summed E-state index contributed by atoms with van der Waals surface area (Å²) in [4.78, 5) is 3.86. The minimum absolute atomic E-state index is 0.688. The van der Waals surface area contributed by atoms with E-state index >= 15 is 0 Å². The molecule has 2 aliphatic rings. The van der Waals surface area contributed by atoms with Crippen molar-refractivity contribution in [1.29, 1.82) is 0 Å². The van der Waals surface area contributed by atoms with Crippen molar-refractivity contribution in [2.24, 2.45) is 0 Å². The Morgan fingerprint density at radius 3 is 2.33 bits per heavy atom. The molecule has 1 heteroatoms. The molecule has 0 aromatic carbocycles. The Kier molecular flexibility index (Phi) is 2.51. The van der Waals surface area contributed by atoms with Crippen LogP contribution in [0.3, 0.4) is 0 Å². The summed E-state index contributed by atoms with van der Waals surface area (Å²) >= 11 is 0. The number of pyridine rings is 1. The Morgan fingerprint density at radius 2 is 2.07 bits per heavy atom. The van der Waals surface area contributed by atoms with Gasteiger partial charge in [-0.1, -0.05) is 24.1 Å². The topological polar surface area (TPSA) is 12.9 Å². The van der Waals surface area contributed by atoms with Gasteiger partial charge in [-0.2, -0.15) is 0 Å². The third-order valence-corrected chi connectivity index (χ3v) is 2.28. The van der Waals surface area contributed by atoms with E-state index in [0.717, 1.165) is 0 Å². The minimum Gasteiger partial charge on any atom is -0.248 e. The molecule has 1 nitrogen and oxygen atoms in total. The number of benzene rings is 1. The lowest BCUT2D eigenvalue weighted by Crippen LogP contribution is -1.75. The van der Waals surface area contributed by atoms with Crippen molar-refractivity contribution in [3.05, 3.63) is 53.9 Å². The lowest BCUT2D eigenvalue weighted by atomic mass is 10.3. The molecule has 72 valence electrons. The minimum atomic E-state index is 0.688. The number of hydrogen-bond acceptors (Lipinski definition) is 1. The van der Waals surface area contributed by atoms with Gasteiger partial charge in [-0.05, 0) is 41.8 Å². The molecule has 0 bridgehead atoms. The standard InChI is InChI=1S/C7H5N.C7H6/c1-2-7-5-3-4-6-8-7;1-5-2-3-6-4-7(5)6/h1,3-6H;2-4H,1H3. The normalized spacial score (nSPS) is 9.60. The van der Waals surface area contributed by atoms with Crippen molar-refractivity contribution < 1.29 is 0 Å². The van der Waals surface area contributed by atoms with Gasteiger partial charge in [0.1, 0.15) is 5.69 Å². The smallest absolute Gasteiger partial charge is 0.112 e. The lowest BCUT2D eigenvalue weighted by molar-refractivity contribution is 1.29. The fourth-order valence-corrected chi connectivity index (χ4v) is 1.35. The van der Waals surface area contributed by atoms with Crippen LogP contribution in [-0.2, 0) is 0 Å². The molecule has 0 aliphatic heterocycles. The molecule has 0 unspecified atom stereocenters. The highest BCUT2D eigenvalue weighted by Crippen LogP contribution is 2.37. The summed E-state index contributed by atoms with van der Waals surface area (Å²) in [5.74, 6) is 2.42. The molecule has 0 saturated carbocycles. The molecule has 3 rings (SSSR count). The summed E-state index contributed by atoms with van der Waals surface area (Å²) < 4.78 is 0. The molecule has 15 heavy (non-hydrogen) atoms. The Labute approximate surface area is 89.8 Å². The molecule has 1 heterocycles. The first-order valence-electron chi connectivity index (χ1n) is 4.80. The van der Waals surface area contributed by atoms with Gasteiger partial charge < -0.3 is 0 Å². The first kappa shape index (κ1) is 9.48. The predicted molar refractivity (Wildman–Crippen MR) is 62.3 cm³/mol. The number of fused-ring (bicyclic) bond motifs is 1. The van der Waals surface area contributed by atoms with E-state index in [-0.39, 0.29) is 0 Å². The van der Waals surface area contributed by atoms with E-state index in [1.165, 1.54) is 16.7 Å². The van der Waals surface area contributed by atoms with Crippen LogP contribution in [0.2, 0.25) is 0 Å². The van der Waals surface area contributed by atoms with Crippen LogP contribution < -0.4 is 0 Å². The zero-order valence-electron chi connectivity index (χ0n) is 8.57. The van der Waals surface area contributed by atoms with E-state index in [1.807, 2.05) is 12.1 Å². The van der Waals surface area contributed by atoms with E-state index in [2.05, 4.69) is 36.0 Å². The van der Waals surface area contributed by atoms with Crippen LogP contribution in [0.25, 0.3) is 11.1 Å². The third kappa shape index (κ3) is 2.24. The van der Waals surface area contributed by atoms with Gasteiger partial charge in [-0.3, -0.25) is 0 Å². The summed E-state index contributed by atoms with van der Waals surface area (Å²) in [7, 11) is 0. The molecule has 0 N–H and O–H groups in total. The Morgan fingerprint density at radius 1 is 1.20 bits per heavy atom. The van der Waals surface area contributed by atoms with Crippen LogP contribution in [0.1, 0.15) is 11.3 Å². The molecule has 0 amide bonds. The van der Waals surface area contributed by atoms with E-state index in [0.29, 0.717) is 5.69 Å². The van der Waals surface area contributed by atoms with E-state index in [4.69, 9.17) is 6.42 Å². The average Bonchev–Trinajstić information content (AvgIpc) is 3.00. The maximum atomic E-state index is 5.04. The highest BCUT2D eigenvalue weighted by molar-refractivity contribution is 5.84. The van der Waals surface area contributed by atoms with Crippen LogP contribution in [0.15, 0.2) is 42.6 Å². The van der Waals surface area contributed by atoms with Crippen molar-refractivity contribution >= 4 is 0 Å². The molecule has 0 radical (unpaired) electrons. The van der Waals surface area contributed by atoms with Crippen molar-refractivity contribution in [2.75, 3.05) is 0 Å². The van der Waals surface area contributed by atoms with Gasteiger partial charge >= 0.3 is 0 Å². The fraction of sp³-hybridized carbons (Fsp3) is 0.0714. The van der Waals surface area contributed by atoms with Crippen LogP contribution in [-0.4, -0.2) is 4.98 Å². The second kappa shape index (κ2) is 3.98. The molecular formula is C14H11N. The summed E-state index contributed by atoms with van der Waals surface area (Å²) in [5.41, 5.74) is 5.03. The lowest BCUT2D eigenvalue weighted by Gasteiger charge is -1.81. The number of aryl methyl sites for hydroxylation is 1. The monoisotopic (exact) mass is 193 g/mol. The Balaban J connectivity index is 0.000000114. The largest absolute Gasteiger partial charge is 0.248 e. The maximum absolute atomic E-state index is 5.04.